The third-order valence-corrected chi connectivity index (χ3v) is 3.66. The van der Waals surface area contributed by atoms with Crippen molar-refractivity contribution in [1.82, 2.24) is 4.90 Å². The molecule has 0 aromatic carbocycles. The lowest BCUT2D eigenvalue weighted by Crippen LogP contribution is -2.42. The van der Waals surface area contributed by atoms with Crippen LogP contribution in [0.2, 0.25) is 0 Å². The first-order valence-corrected chi connectivity index (χ1v) is 5.96. The second-order valence-corrected chi connectivity index (χ2v) is 5.29. The molecule has 2 unspecified atom stereocenters. The molecule has 1 aliphatic carbocycles. The van der Waals surface area contributed by atoms with E-state index in [9.17, 15) is 4.79 Å². The molecule has 1 saturated carbocycles. The number of nitrogens with zero attached hydrogens (tertiary/aromatic N) is 1. The number of halogens is 1. The fraction of sp³-hybridized carbons (Fsp3) is 0.700. The van der Waals surface area contributed by atoms with E-state index in [1.54, 1.807) is 0 Å². The minimum atomic E-state index is -0.890. The maximum atomic E-state index is 10.9. The van der Waals surface area contributed by atoms with Crippen molar-refractivity contribution < 1.29 is 9.90 Å². The molecule has 78 valence electrons. The fourth-order valence-electron chi connectivity index (χ4n) is 1.84. The highest BCUT2D eigenvalue weighted by atomic mass is 127. The maximum absolute atomic E-state index is 10.9. The van der Waals surface area contributed by atoms with Crippen LogP contribution in [0.15, 0.2) is 0 Å². The van der Waals surface area contributed by atoms with E-state index < -0.39 is 6.09 Å². The second-order valence-electron chi connectivity index (χ2n) is 3.53. The van der Waals surface area contributed by atoms with Crippen molar-refractivity contribution in [3.63, 3.8) is 0 Å². The van der Waals surface area contributed by atoms with E-state index in [4.69, 9.17) is 11.5 Å². The number of carboxylic acid groups (broad SMARTS) is 1. The summed E-state index contributed by atoms with van der Waals surface area (Å²) >= 11 is 2.39. The molecule has 0 saturated heterocycles. The molecule has 0 aromatic heterocycles. The lowest BCUT2D eigenvalue weighted by molar-refractivity contribution is 0.121. The molecule has 1 N–H and O–H groups in total. The zero-order valence-electron chi connectivity index (χ0n) is 7.95. The highest BCUT2D eigenvalue weighted by molar-refractivity contribution is 14.1. The van der Waals surface area contributed by atoms with Gasteiger partial charge in [0, 0.05) is 9.97 Å². The van der Waals surface area contributed by atoms with Gasteiger partial charge in [-0.1, -0.05) is 34.9 Å². The summed E-state index contributed by atoms with van der Waals surface area (Å²) in [5.74, 6) is 2.40. The van der Waals surface area contributed by atoms with E-state index >= 15 is 0 Å². The number of rotatable bonds is 2. The fourth-order valence-corrected chi connectivity index (χ4v) is 2.87. The van der Waals surface area contributed by atoms with Crippen LogP contribution in [0.4, 0.5) is 4.79 Å². The molecule has 1 fully saturated rings. The normalized spacial score (nSPS) is 26.6. The van der Waals surface area contributed by atoms with E-state index in [1.165, 1.54) is 11.3 Å². The van der Waals surface area contributed by atoms with Gasteiger partial charge in [0.2, 0.25) is 0 Å². The van der Waals surface area contributed by atoms with E-state index in [2.05, 4.69) is 28.5 Å². The van der Waals surface area contributed by atoms with Crippen LogP contribution in [-0.4, -0.2) is 32.6 Å². The van der Waals surface area contributed by atoms with Gasteiger partial charge < -0.3 is 5.11 Å². The number of carbonyl (C=O) groups is 1. The monoisotopic (exact) mass is 307 g/mol. The molecule has 0 aromatic rings. The van der Waals surface area contributed by atoms with Crippen molar-refractivity contribution in [1.29, 1.82) is 0 Å². The van der Waals surface area contributed by atoms with E-state index in [1.807, 2.05) is 0 Å². The minimum absolute atomic E-state index is 0.124. The number of hydrogen-bond donors (Lipinski definition) is 1. The Hall–Kier alpha value is -0.440. The smallest absolute Gasteiger partial charge is 0.408 e. The Labute approximate surface area is 98.0 Å². The van der Waals surface area contributed by atoms with Gasteiger partial charge >= 0.3 is 6.09 Å². The van der Waals surface area contributed by atoms with E-state index in [0.29, 0.717) is 3.92 Å². The lowest BCUT2D eigenvalue weighted by atomic mass is 9.94. The number of terminal acetylenes is 1. The molecule has 4 heteroatoms. The van der Waals surface area contributed by atoms with Gasteiger partial charge in [-0.05, 0) is 19.3 Å². The Bertz CT molecular complexity index is 249. The molecule has 0 bridgehead atoms. The van der Waals surface area contributed by atoms with Crippen molar-refractivity contribution in [2.24, 2.45) is 0 Å². The summed E-state index contributed by atoms with van der Waals surface area (Å²) < 4.78 is 0.589. The quantitative estimate of drug-likeness (QED) is 0.483. The van der Waals surface area contributed by atoms with Crippen molar-refractivity contribution in [3.8, 4) is 12.3 Å². The van der Waals surface area contributed by atoms with Gasteiger partial charge in [-0.2, -0.15) is 0 Å². The third-order valence-electron chi connectivity index (χ3n) is 2.53. The van der Waals surface area contributed by atoms with Crippen LogP contribution in [0.5, 0.6) is 0 Å². The second kappa shape index (κ2) is 5.44. The van der Waals surface area contributed by atoms with Crippen LogP contribution in [-0.2, 0) is 0 Å². The average Bonchev–Trinajstić information content (AvgIpc) is 2.13. The molecule has 1 rings (SSSR count). The average molecular weight is 307 g/mol. The summed E-state index contributed by atoms with van der Waals surface area (Å²) in [4.78, 5) is 12.3. The maximum Gasteiger partial charge on any atom is 0.408 e. The molecule has 1 aliphatic rings. The summed E-state index contributed by atoms with van der Waals surface area (Å²) in [6, 6.07) is 0.124. The zero-order valence-corrected chi connectivity index (χ0v) is 10.1. The molecule has 2 atom stereocenters. The largest absolute Gasteiger partial charge is 0.465 e. The zero-order chi connectivity index (χ0) is 10.6. The number of amides is 1. The van der Waals surface area contributed by atoms with Crippen molar-refractivity contribution >= 4 is 28.7 Å². The van der Waals surface area contributed by atoms with Gasteiger partial charge in [0.1, 0.15) is 0 Å². The molecule has 1 amide bonds. The highest BCUT2D eigenvalue weighted by Gasteiger charge is 2.27. The molecule has 0 spiro atoms. The van der Waals surface area contributed by atoms with E-state index in [-0.39, 0.29) is 12.6 Å². The third kappa shape index (κ3) is 3.05. The van der Waals surface area contributed by atoms with Gasteiger partial charge in [0.05, 0.1) is 6.54 Å². The predicted molar refractivity (Wildman–Crippen MR) is 63.6 cm³/mol. The standard InChI is InChI=1S/C10H14INO2/c1-2-6-12(10(13)14)9-5-3-4-8(11)7-9/h1,8-9H,3-7H2,(H,13,14). The highest BCUT2D eigenvalue weighted by Crippen LogP contribution is 2.27. The molecule has 0 radical (unpaired) electrons. The van der Waals surface area contributed by atoms with Gasteiger partial charge in [-0.15, -0.1) is 6.42 Å². The Morgan fingerprint density at radius 1 is 1.64 bits per heavy atom. The Morgan fingerprint density at radius 2 is 2.36 bits per heavy atom. The van der Waals surface area contributed by atoms with Crippen LogP contribution in [0.1, 0.15) is 25.7 Å². The molecule has 3 nitrogen and oxygen atoms in total. The van der Waals surface area contributed by atoms with Crippen molar-refractivity contribution in [3.05, 3.63) is 0 Å². The molecular formula is C10H14INO2. The van der Waals surface area contributed by atoms with Crippen LogP contribution in [0.25, 0.3) is 0 Å². The van der Waals surface area contributed by atoms with Crippen LogP contribution < -0.4 is 0 Å². The summed E-state index contributed by atoms with van der Waals surface area (Å²) in [5.41, 5.74) is 0. The summed E-state index contributed by atoms with van der Waals surface area (Å²) in [6.07, 6.45) is 8.45. The summed E-state index contributed by atoms with van der Waals surface area (Å²) in [5, 5.41) is 8.97. The van der Waals surface area contributed by atoms with Crippen LogP contribution in [0, 0.1) is 12.3 Å². The Kier molecular flexibility index (Phi) is 4.52. The molecular weight excluding hydrogens is 293 g/mol. The van der Waals surface area contributed by atoms with Crippen molar-refractivity contribution in [2.45, 2.75) is 35.6 Å². The molecule has 0 heterocycles. The van der Waals surface area contributed by atoms with Crippen LogP contribution >= 0.6 is 22.6 Å². The van der Waals surface area contributed by atoms with Gasteiger partial charge in [0.25, 0.3) is 0 Å². The SMILES string of the molecule is C#CCN(C(=O)O)C1CCCC(I)C1. The van der Waals surface area contributed by atoms with Gasteiger partial charge in [0.15, 0.2) is 0 Å². The Morgan fingerprint density at radius 3 is 2.86 bits per heavy atom. The molecule has 14 heavy (non-hydrogen) atoms. The van der Waals surface area contributed by atoms with E-state index in [0.717, 1.165) is 19.3 Å². The lowest BCUT2D eigenvalue weighted by Gasteiger charge is -2.33. The first-order chi connectivity index (χ1) is 6.65. The first-order valence-electron chi connectivity index (χ1n) is 4.72. The minimum Gasteiger partial charge on any atom is -0.465 e. The predicted octanol–water partition coefficient (Wildman–Crippen LogP) is 2.35. The Balaban J connectivity index is 2.58. The van der Waals surface area contributed by atoms with Gasteiger partial charge in [-0.3, -0.25) is 4.90 Å². The van der Waals surface area contributed by atoms with Gasteiger partial charge in [-0.25, -0.2) is 4.79 Å². The molecule has 0 aliphatic heterocycles. The summed E-state index contributed by atoms with van der Waals surface area (Å²) in [7, 11) is 0. The number of alkyl halides is 1. The summed E-state index contributed by atoms with van der Waals surface area (Å²) in [6.45, 7) is 0.212. The first kappa shape index (κ1) is 11.6. The van der Waals surface area contributed by atoms with Crippen molar-refractivity contribution in [2.75, 3.05) is 6.54 Å². The number of hydrogen-bond acceptors (Lipinski definition) is 1. The van der Waals surface area contributed by atoms with Crippen LogP contribution in [0.3, 0.4) is 0 Å². The topological polar surface area (TPSA) is 40.5 Å².